The molecule has 24 heavy (non-hydrogen) atoms. The monoisotopic (exact) mass is 342 g/mol. The largest absolute Gasteiger partial charge is 0.440 e. The van der Waals surface area contributed by atoms with Crippen LogP contribution < -0.4 is 5.14 Å². The molecule has 5 nitrogen and oxygen atoms in total. The molecular weight excluding hydrogens is 324 g/mol. The number of rotatable bonds is 3. The lowest BCUT2D eigenvalue weighted by Crippen LogP contribution is -2.11. The van der Waals surface area contributed by atoms with Crippen LogP contribution in [0.25, 0.3) is 11.1 Å². The zero-order valence-electron chi connectivity index (χ0n) is 13.4. The van der Waals surface area contributed by atoms with Gasteiger partial charge in [-0.15, -0.1) is 0 Å². The summed E-state index contributed by atoms with van der Waals surface area (Å²) >= 11 is 0. The minimum atomic E-state index is -3.67. The number of primary sulfonamides is 1. The Bertz CT molecular complexity index is 987. The summed E-state index contributed by atoms with van der Waals surface area (Å²) in [7, 11) is -3.67. The average Bonchev–Trinajstić information content (AvgIpc) is 2.90. The van der Waals surface area contributed by atoms with Gasteiger partial charge in [-0.2, -0.15) is 0 Å². The first kappa shape index (κ1) is 15.4. The molecule has 2 atom stereocenters. The Morgan fingerprint density at radius 3 is 2.33 bits per heavy atom. The molecule has 2 unspecified atom stereocenters. The fraction of sp³-hybridized carbons (Fsp3) is 0.278. The molecule has 0 saturated heterocycles. The van der Waals surface area contributed by atoms with E-state index < -0.39 is 10.0 Å². The lowest BCUT2D eigenvalue weighted by Gasteiger charge is -2.04. The predicted molar refractivity (Wildman–Crippen MR) is 91.1 cm³/mol. The van der Waals surface area contributed by atoms with E-state index in [1.807, 2.05) is 36.4 Å². The van der Waals surface area contributed by atoms with Gasteiger partial charge in [0.15, 0.2) is 11.5 Å². The third kappa shape index (κ3) is 2.34. The van der Waals surface area contributed by atoms with Crippen molar-refractivity contribution < 1.29 is 12.8 Å². The van der Waals surface area contributed by atoms with E-state index in [0.29, 0.717) is 0 Å². The maximum Gasteiger partial charge on any atom is 0.238 e. The third-order valence-electron chi connectivity index (χ3n) is 4.97. The van der Waals surface area contributed by atoms with Gasteiger partial charge < -0.3 is 4.42 Å². The summed E-state index contributed by atoms with van der Waals surface area (Å²) in [6, 6.07) is 14.5. The van der Waals surface area contributed by atoms with Crippen LogP contribution in [0.15, 0.2) is 57.8 Å². The minimum absolute atomic E-state index is 0.00395. The summed E-state index contributed by atoms with van der Waals surface area (Å²) in [5, 5.41) is 5.16. The number of fused-ring (bicyclic) bond motifs is 1. The summed E-state index contributed by atoms with van der Waals surface area (Å²) in [4.78, 5) is 4.75. The number of oxazole rings is 1. The van der Waals surface area contributed by atoms with Crippen LogP contribution in [-0.2, 0) is 10.0 Å². The van der Waals surface area contributed by atoms with Crippen LogP contribution in [0.4, 0.5) is 0 Å². The summed E-state index contributed by atoms with van der Waals surface area (Å²) in [6.45, 7) is 4.34. The molecule has 2 aromatic carbocycles. The molecule has 3 aromatic rings. The lowest BCUT2D eigenvalue weighted by molar-refractivity contribution is 0.493. The van der Waals surface area contributed by atoms with Gasteiger partial charge in [-0.1, -0.05) is 38.1 Å². The van der Waals surface area contributed by atoms with Crippen LogP contribution >= 0.6 is 0 Å². The van der Waals surface area contributed by atoms with Gasteiger partial charge >= 0.3 is 0 Å². The predicted octanol–water partition coefficient (Wildman–Crippen LogP) is 3.38. The molecule has 0 spiro atoms. The van der Waals surface area contributed by atoms with Crippen LogP contribution in [-0.4, -0.2) is 13.4 Å². The van der Waals surface area contributed by atoms with Gasteiger partial charge in [-0.3, -0.25) is 0 Å². The lowest BCUT2D eigenvalue weighted by atomic mass is 10.0. The molecule has 0 amide bonds. The molecule has 0 bridgehead atoms. The molecule has 124 valence electrons. The average molecular weight is 342 g/mol. The van der Waals surface area contributed by atoms with E-state index in [9.17, 15) is 8.42 Å². The van der Waals surface area contributed by atoms with E-state index in [1.54, 1.807) is 12.1 Å². The molecule has 0 radical (unpaired) electrons. The Kier molecular flexibility index (Phi) is 3.14. The van der Waals surface area contributed by atoms with E-state index in [-0.39, 0.29) is 22.1 Å². The first-order valence-corrected chi connectivity index (χ1v) is 9.31. The zero-order chi connectivity index (χ0) is 17.1. The first-order valence-electron chi connectivity index (χ1n) is 7.77. The standard InChI is InChI=1S/C18H18N2O3S/c1-18(2)15(11-7-9-12(10-8-11)24(19,21)22)16(18)17-20-13-5-3-4-6-14(13)23-17/h3-10,15-16H,1-2H3,(H2,19,21,22). The number of benzene rings is 2. The Hall–Kier alpha value is -2.18. The SMILES string of the molecule is CC1(C)C(c2ccc(S(N)(=O)=O)cc2)C1c1nc2ccccc2o1. The van der Waals surface area contributed by atoms with Crippen molar-refractivity contribution in [3.8, 4) is 0 Å². The maximum atomic E-state index is 11.4. The Balaban J connectivity index is 1.69. The fourth-order valence-corrected chi connectivity index (χ4v) is 4.12. The normalized spacial score (nSPS) is 22.6. The molecule has 1 aliphatic rings. The van der Waals surface area contributed by atoms with E-state index >= 15 is 0 Å². The second kappa shape index (κ2) is 4.91. The second-order valence-corrected chi connectivity index (χ2v) is 8.47. The molecule has 1 aromatic heterocycles. The highest BCUT2D eigenvalue weighted by atomic mass is 32.2. The first-order chi connectivity index (χ1) is 11.3. The summed E-state index contributed by atoms with van der Waals surface area (Å²) in [5.41, 5.74) is 2.72. The number of hydrogen-bond acceptors (Lipinski definition) is 4. The summed E-state index contributed by atoms with van der Waals surface area (Å²) < 4.78 is 28.7. The molecule has 0 aliphatic heterocycles. The Labute approximate surface area is 140 Å². The van der Waals surface area contributed by atoms with Crippen molar-refractivity contribution in [1.82, 2.24) is 4.98 Å². The number of nitrogens with zero attached hydrogens (tertiary/aromatic N) is 1. The van der Waals surface area contributed by atoms with Crippen LogP contribution in [0.1, 0.15) is 37.1 Å². The molecule has 2 N–H and O–H groups in total. The van der Waals surface area contributed by atoms with Gasteiger partial charge in [-0.05, 0) is 35.2 Å². The van der Waals surface area contributed by atoms with Gasteiger partial charge in [-0.25, -0.2) is 18.5 Å². The molecule has 1 heterocycles. The van der Waals surface area contributed by atoms with Crippen molar-refractivity contribution in [3.05, 3.63) is 60.0 Å². The number of para-hydroxylation sites is 2. The van der Waals surface area contributed by atoms with Gasteiger partial charge in [0, 0.05) is 11.8 Å². The van der Waals surface area contributed by atoms with Crippen LogP contribution in [0.3, 0.4) is 0 Å². The fourth-order valence-electron chi connectivity index (χ4n) is 3.61. The summed E-state index contributed by atoms with van der Waals surface area (Å²) in [5.74, 6) is 1.15. The van der Waals surface area contributed by atoms with Crippen molar-refractivity contribution >= 4 is 21.1 Å². The van der Waals surface area contributed by atoms with Gasteiger partial charge in [0.05, 0.1) is 4.90 Å². The molecule has 1 aliphatic carbocycles. The highest BCUT2D eigenvalue weighted by Gasteiger charge is 2.61. The third-order valence-corrected chi connectivity index (χ3v) is 5.90. The Morgan fingerprint density at radius 1 is 1.04 bits per heavy atom. The highest BCUT2D eigenvalue weighted by Crippen LogP contribution is 2.69. The summed E-state index contributed by atoms with van der Waals surface area (Å²) in [6.07, 6.45) is 0. The maximum absolute atomic E-state index is 11.4. The van der Waals surface area contributed by atoms with Crippen molar-refractivity contribution in [3.63, 3.8) is 0 Å². The zero-order valence-corrected chi connectivity index (χ0v) is 14.2. The number of aromatic nitrogens is 1. The smallest absolute Gasteiger partial charge is 0.238 e. The quantitative estimate of drug-likeness (QED) is 0.790. The van der Waals surface area contributed by atoms with Gasteiger partial charge in [0.1, 0.15) is 5.52 Å². The molecular formula is C18H18N2O3S. The molecule has 6 heteroatoms. The molecule has 1 fully saturated rings. The van der Waals surface area contributed by atoms with Crippen LogP contribution in [0.2, 0.25) is 0 Å². The van der Waals surface area contributed by atoms with E-state index in [0.717, 1.165) is 22.6 Å². The van der Waals surface area contributed by atoms with Crippen molar-refractivity contribution in [2.24, 2.45) is 10.6 Å². The number of sulfonamides is 1. The van der Waals surface area contributed by atoms with Crippen molar-refractivity contribution in [2.45, 2.75) is 30.6 Å². The van der Waals surface area contributed by atoms with E-state index in [1.165, 1.54) is 0 Å². The van der Waals surface area contributed by atoms with Crippen molar-refractivity contribution in [1.29, 1.82) is 0 Å². The van der Waals surface area contributed by atoms with Crippen LogP contribution in [0, 0.1) is 5.41 Å². The van der Waals surface area contributed by atoms with Gasteiger partial charge in [0.25, 0.3) is 0 Å². The van der Waals surface area contributed by atoms with E-state index in [4.69, 9.17) is 9.56 Å². The minimum Gasteiger partial charge on any atom is -0.440 e. The van der Waals surface area contributed by atoms with Crippen molar-refractivity contribution in [2.75, 3.05) is 0 Å². The molecule has 4 rings (SSSR count). The number of nitrogens with two attached hydrogens (primary N) is 1. The topological polar surface area (TPSA) is 86.2 Å². The number of hydrogen-bond donors (Lipinski definition) is 1. The van der Waals surface area contributed by atoms with Gasteiger partial charge in [0.2, 0.25) is 10.0 Å². The van der Waals surface area contributed by atoms with E-state index in [2.05, 4.69) is 18.8 Å². The molecule has 1 saturated carbocycles. The van der Waals surface area contributed by atoms with Crippen LogP contribution in [0.5, 0.6) is 0 Å². The highest BCUT2D eigenvalue weighted by molar-refractivity contribution is 7.89. The second-order valence-electron chi connectivity index (χ2n) is 6.91. The Morgan fingerprint density at radius 2 is 1.71 bits per heavy atom.